The molecule has 0 bridgehead atoms. The molecule has 0 fully saturated rings. The van der Waals surface area contributed by atoms with Crippen molar-refractivity contribution < 1.29 is 9.21 Å². The standard InChI is InChI=1S/C19H33NO2/c1-3-5-7-8-9-10-11-12-16-20(15-6-4-2)19(21)18-14-13-17-22-18/h13-14,17H,3-12,15-16H2,1-2H3. The van der Waals surface area contributed by atoms with Crippen LogP contribution >= 0.6 is 0 Å². The van der Waals surface area contributed by atoms with E-state index in [9.17, 15) is 4.79 Å². The first kappa shape index (κ1) is 18.8. The van der Waals surface area contributed by atoms with E-state index in [1.165, 1.54) is 44.9 Å². The highest BCUT2D eigenvalue weighted by Crippen LogP contribution is 2.11. The first-order valence-corrected chi connectivity index (χ1v) is 9.12. The normalized spacial score (nSPS) is 10.8. The molecule has 1 heterocycles. The Kier molecular flexibility index (Phi) is 10.5. The van der Waals surface area contributed by atoms with E-state index in [0.717, 1.165) is 32.4 Å². The van der Waals surface area contributed by atoms with E-state index in [1.807, 2.05) is 4.90 Å². The Morgan fingerprint density at radius 1 is 0.909 bits per heavy atom. The number of carbonyl (C=O) groups is 1. The third-order valence-corrected chi connectivity index (χ3v) is 4.08. The summed E-state index contributed by atoms with van der Waals surface area (Å²) in [5.74, 6) is 0.511. The number of rotatable bonds is 13. The van der Waals surface area contributed by atoms with E-state index in [-0.39, 0.29) is 5.91 Å². The molecule has 0 saturated carbocycles. The second-order valence-corrected chi connectivity index (χ2v) is 6.10. The molecule has 3 heteroatoms. The Balaban J connectivity index is 2.23. The predicted molar refractivity (Wildman–Crippen MR) is 92.1 cm³/mol. The first-order chi connectivity index (χ1) is 10.8. The van der Waals surface area contributed by atoms with Crippen LogP contribution in [0.25, 0.3) is 0 Å². The molecule has 0 radical (unpaired) electrons. The smallest absolute Gasteiger partial charge is 0.289 e. The summed E-state index contributed by atoms with van der Waals surface area (Å²) in [7, 11) is 0. The van der Waals surface area contributed by atoms with Gasteiger partial charge in [0.15, 0.2) is 5.76 Å². The Morgan fingerprint density at radius 3 is 2.09 bits per heavy atom. The van der Waals surface area contributed by atoms with Gasteiger partial charge in [-0.3, -0.25) is 4.79 Å². The maximum Gasteiger partial charge on any atom is 0.289 e. The topological polar surface area (TPSA) is 33.5 Å². The summed E-state index contributed by atoms with van der Waals surface area (Å²) in [6, 6.07) is 3.54. The average Bonchev–Trinajstić information content (AvgIpc) is 3.06. The van der Waals surface area contributed by atoms with Gasteiger partial charge in [-0.25, -0.2) is 0 Å². The van der Waals surface area contributed by atoms with E-state index < -0.39 is 0 Å². The molecule has 1 aromatic rings. The third kappa shape index (κ3) is 7.67. The third-order valence-electron chi connectivity index (χ3n) is 4.08. The second-order valence-electron chi connectivity index (χ2n) is 6.10. The van der Waals surface area contributed by atoms with Crippen LogP contribution in [0, 0.1) is 0 Å². The summed E-state index contributed by atoms with van der Waals surface area (Å²) in [4.78, 5) is 14.3. The monoisotopic (exact) mass is 307 g/mol. The summed E-state index contributed by atoms with van der Waals surface area (Å²) in [5.41, 5.74) is 0. The van der Waals surface area contributed by atoms with Crippen molar-refractivity contribution in [3.05, 3.63) is 24.2 Å². The molecule has 3 nitrogen and oxygen atoms in total. The van der Waals surface area contributed by atoms with Gasteiger partial charge in [-0.05, 0) is 25.0 Å². The molecule has 0 aliphatic heterocycles. The van der Waals surface area contributed by atoms with Crippen LogP contribution in [0.2, 0.25) is 0 Å². The Morgan fingerprint density at radius 2 is 1.50 bits per heavy atom. The highest BCUT2D eigenvalue weighted by molar-refractivity contribution is 5.91. The molecule has 0 aliphatic carbocycles. The number of furan rings is 1. The van der Waals surface area contributed by atoms with Crippen molar-refractivity contribution in [2.24, 2.45) is 0 Å². The van der Waals surface area contributed by atoms with Crippen LogP contribution in [0.3, 0.4) is 0 Å². The number of hydrogen-bond acceptors (Lipinski definition) is 2. The fourth-order valence-corrected chi connectivity index (χ4v) is 2.66. The van der Waals surface area contributed by atoms with Crippen LogP contribution in [-0.2, 0) is 0 Å². The lowest BCUT2D eigenvalue weighted by Crippen LogP contribution is -2.32. The Bertz CT molecular complexity index is 373. The number of hydrogen-bond donors (Lipinski definition) is 0. The molecule has 22 heavy (non-hydrogen) atoms. The van der Waals surface area contributed by atoms with Gasteiger partial charge in [0.25, 0.3) is 5.91 Å². The molecule has 0 spiro atoms. The SMILES string of the molecule is CCCCCCCCCCN(CCCC)C(=O)c1ccco1. The zero-order valence-electron chi connectivity index (χ0n) is 14.5. The van der Waals surface area contributed by atoms with Crippen molar-refractivity contribution in [3.8, 4) is 0 Å². The van der Waals surface area contributed by atoms with Crippen LogP contribution in [0.4, 0.5) is 0 Å². The van der Waals surface area contributed by atoms with Crippen LogP contribution < -0.4 is 0 Å². The predicted octanol–water partition coefficient (Wildman–Crippen LogP) is 5.66. The molecule has 0 aromatic carbocycles. The van der Waals surface area contributed by atoms with Gasteiger partial charge in [0.2, 0.25) is 0 Å². The highest BCUT2D eigenvalue weighted by atomic mass is 16.3. The fraction of sp³-hybridized carbons (Fsp3) is 0.737. The van der Waals surface area contributed by atoms with E-state index in [1.54, 1.807) is 18.4 Å². The molecule has 0 atom stereocenters. The molecule has 126 valence electrons. The minimum absolute atomic E-state index is 0.0430. The maximum atomic E-state index is 12.4. The number of unbranched alkanes of at least 4 members (excludes halogenated alkanes) is 8. The maximum absolute atomic E-state index is 12.4. The minimum Gasteiger partial charge on any atom is -0.459 e. The van der Waals surface area contributed by atoms with Gasteiger partial charge in [0.1, 0.15) is 0 Å². The lowest BCUT2D eigenvalue weighted by atomic mass is 10.1. The minimum atomic E-state index is 0.0430. The first-order valence-electron chi connectivity index (χ1n) is 9.12. The number of nitrogens with zero attached hydrogens (tertiary/aromatic N) is 1. The lowest BCUT2D eigenvalue weighted by Gasteiger charge is -2.21. The molecular weight excluding hydrogens is 274 g/mol. The number of amides is 1. The second kappa shape index (κ2) is 12.3. The molecule has 0 aliphatic rings. The van der Waals surface area contributed by atoms with Gasteiger partial charge in [-0.15, -0.1) is 0 Å². The summed E-state index contributed by atoms with van der Waals surface area (Å²) in [6.07, 6.45) is 14.1. The van der Waals surface area contributed by atoms with E-state index >= 15 is 0 Å². The molecule has 0 saturated heterocycles. The Labute approximate surface area is 136 Å². The van der Waals surface area contributed by atoms with Gasteiger partial charge >= 0.3 is 0 Å². The quantitative estimate of drug-likeness (QED) is 0.440. The zero-order chi connectivity index (χ0) is 16.0. The zero-order valence-corrected chi connectivity index (χ0v) is 14.5. The summed E-state index contributed by atoms with van der Waals surface area (Å²) in [5, 5.41) is 0. The van der Waals surface area contributed by atoms with Gasteiger partial charge in [-0.1, -0.05) is 65.2 Å². The van der Waals surface area contributed by atoms with Gasteiger partial charge < -0.3 is 9.32 Å². The number of carbonyl (C=O) groups excluding carboxylic acids is 1. The van der Waals surface area contributed by atoms with Gasteiger partial charge in [-0.2, -0.15) is 0 Å². The lowest BCUT2D eigenvalue weighted by molar-refractivity contribution is 0.0718. The van der Waals surface area contributed by atoms with E-state index in [4.69, 9.17) is 4.42 Å². The summed E-state index contributed by atoms with van der Waals surface area (Å²) in [6.45, 7) is 6.10. The highest BCUT2D eigenvalue weighted by Gasteiger charge is 2.17. The van der Waals surface area contributed by atoms with E-state index in [0.29, 0.717) is 5.76 Å². The van der Waals surface area contributed by atoms with Gasteiger partial charge in [0, 0.05) is 13.1 Å². The molecule has 1 rings (SSSR count). The molecule has 1 aromatic heterocycles. The van der Waals surface area contributed by atoms with Crippen molar-refractivity contribution in [1.82, 2.24) is 4.90 Å². The van der Waals surface area contributed by atoms with Crippen molar-refractivity contribution >= 4 is 5.91 Å². The Hall–Kier alpha value is -1.25. The van der Waals surface area contributed by atoms with Crippen molar-refractivity contribution in [2.75, 3.05) is 13.1 Å². The average molecular weight is 307 g/mol. The molecule has 0 N–H and O–H groups in total. The fourth-order valence-electron chi connectivity index (χ4n) is 2.66. The summed E-state index contributed by atoms with van der Waals surface area (Å²) >= 11 is 0. The van der Waals surface area contributed by atoms with E-state index in [2.05, 4.69) is 13.8 Å². The molecular formula is C19H33NO2. The van der Waals surface area contributed by atoms with Crippen molar-refractivity contribution in [1.29, 1.82) is 0 Å². The van der Waals surface area contributed by atoms with Crippen LogP contribution in [0.15, 0.2) is 22.8 Å². The van der Waals surface area contributed by atoms with Gasteiger partial charge in [0.05, 0.1) is 6.26 Å². The van der Waals surface area contributed by atoms with Crippen molar-refractivity contribution in [2.45, 2.75) is 78.1 Å². The van der Waals surface area contributed by atoms with Crippen LogP contribution in [0.1, 0.15) is 88.6 Å². The largest absolute Gasteiger partial charge is 0.459 e. The van der Waals surface area contributed by atoms with Crippen molar-refractivity contribution in [3.63, 3.8) is 0 Å². The van der Waals surface area contributed by atoms with Crippen LogP contribution in [-0.4, -0.2) is 23.9 Å². The van der Waals surface area contributed by atoms with Crippen LogP contribution in [0.5, 0.6) is 0 Å². The summed E-state index contributed by atoms with van der Waals surface area (Å²) < 4.78 is 5.25. The molecule has 0 unspecified atom stereocenters. The molecule has 1 amide bonds.